The number of likely N-dealkylation sites (tertiary alicyclic amines) is 1. The number of hydrogen-bond donors (Lipinski definition) is 1. The summed E-state index contributed by atoms with van der Waals surface area (Å²) in [7, 11) is 0. The Morgan fingerprint density at radius 3 is 2.66 bits per heavy atom. The SMILES string of the molecule is C[C@H]1CCCN(Cc2cc(C(F)(F)F)c3cn(-c4cccc(C(c5nnc[nH]5)C5CCC5)c4)c(=O)n3c2)C1. The molecule has 1 aliphatic heterocycles. The molecule has 10 heteroatoms. The van der Waals surface area contributed by atoms with Gasteiger partial charge in [-0.25, -0.2) is 4.79 Å². The van der Waals surface area contributed by atoms with Gasteiger partial charge in [-0.2, -0.15) is 13.2 Å². The van der Waals surface area contributed by atoms with E-state index in [-0.39, 0.29) is 11.4 Å². The number of hydrogen-bond acceptors (Lipinski definition) is 4. The van der Waals surface area contributed by atoms with Crippen molar-refractivity contribution in [1.29, 1.82) is 0 Å². The molecule has 200 valence electrons. The second-order valence-electron chi connectivity index (χ2n) is 10.9. The number of nitrogens with zero attached hydrogens (tertiary/aromatic N) is 5. The van der Waals surface area contributed by atoms with Gasteiger partial charge in [-0.1, -0.05) is 25.5 Å². The highest BCUT2D eigenvalue weighted by Gasteiger charge is 2.35. The third kappa shape index (κ3) is 4.66. The Kier molecular flexibility index (Phi) is 6.37. The Bertz CT molecular complexity index is 1480. The number of pyridine rings is 1. The minimum atomic E-state index is -4.58. The molecule has 0 spiro atoms. The van der Waals surface area contributed by atoms with Crippen molar-refractivity contribution in [3.8, 4) is 5.69 Å². The number of nitrogens with one attached hydrogen (secondary N) is 1. The maximum atomic E-state index is 14.2. The molecule has 6 rings (SSSR count). The van der Waals surface area contributed by atoms with Crippen molar-refractivity contribution in [3.63, 3.8) is 0 Å². The highest BCUT2D eigenvalue weighted by atomic mass is 19.4. The molecule has 1 unspecified atom stereocenters. The zero-order valence-corrected chi connectivity index (χ0v) is 21.3. The fraction of sp³-hybridized carbons (Fsp3) is 0.464. The van der Waals surface area contributed by atoms with E-state index in [4.69, 9.17) is 0 Å². The van der Waals surface area contributed by atoms with E-state index in [1.54, 1.807) is 18.6 Å². The molecular formula is C28H31F3N6O. The number of benzene rings is 1. The van der Waals surface area contributed by atoms with Crippen LogP contribution in [0.5, 0.6) is 0 Å². The summed E-state index contributed by atoms with van der Waals surface area (Å²) < 4.78 is 45.0. The number of piperidine rings is 1. The molecule has 7 nitrogen and oxygen atoms in total. The highest BCUT2D eigenvalue weighted by Crippen LogP contribution is 2.42. The van der Waals surface area contributed by atoms with Crippen LogP contribution in [-0.2, 0) is 12.7 Å². The standard InChI is InChI=1S/C28H31F3N6O/c1-18-5-4-10-35(13-18)14-19-11-23(28(29,30)31)24-16-36(27(38)37(24)15-19)22-9-3-8-21(12-22)25(20-6-2-7-20)26-32-17-33-34-26/h3,8-9,11-12,15-18,20,25H,2,4-7,10,13-14H2,1H3,(H,32,33,34)/t18-,25?/m0/s1. The fourth-order valence-corrected chi connectivity index (χ4v) is 6.09. The van der Waals surface area contributed by atoms with Crippen molar-refractivity contribution in [2.75, 3.05) is 13.1 Å². The summed E-state index contributed by atoms with van der Waals surface area (Å²) in [5.41, 5.74) is 0.524. The molecule has 38 heavy (non-hydrogen) atoms. The number of aromatic amines is 1. The molecule has 1 aromatic carbocycles. The lowest BCUT2D eigenvalue weighted by molar-refractivity contribution is -0.136. The van der Waals surface area contributed by atoms with Gasteiger partial charge in [0.1, 0.15) is 12.2 Å². The molecule has 0 bridgehead atoms. The van der Waals surface area contributed by atoms with Crippen molar-refractivity contribution in [2.24, 2.45) is 11.8 Å². The number of H-pyrrole nitrogens is 1. The minimum Gasteiger partial charge on any atom is -0.331 e. The van der Waals surface area contributed by atoms with Gasteiger partial charge in [-0.3, -0.25) is 13.9 Å². The van der Waals surface area contributed by atoms with Crippen LogP contribution < -0.4 is 5.69 Å². The molecule has 1 saturated heterocycles. The summed E-state index contributed by atoms with van der Waals surface area (Å²) in [6, 6.07) is 8.66. The zero-order valence-electron chi connectivity index (χ0n) is 21.3. The van der Waals surface area contributed by atoms with E-state index < -0.39 is 17.4 Å². The van der Waals surface area contributed by atoms with Crippen molar-refractivity contribution < 1.29 is 13.2 Å². The maximum absolute atomic E-state index is 14.2. The summed E-state index contributed by atoms with van der Waals surface area (Å²) in [6.45, 7) is 4.24. The first-order valence-corrected chi connectivity index (χ1v) is 13.3. The first kappa shape index (κ1) is 24.9. The Morgan fingerprint density at radius 1 is 1.13 bits per heavy atom. The quantitative estimate of drug-likeness (QED) is 0.367. The first-order chi connectivity index (χ1) is 18.3. The minimum absolute atomic E-state index is 0.0109. The van der Waals surface area contributed by atoms with Crippen LogP contribution in [0.3, 0.4) is 0 Å². The average molecular weight is 525 g/mol. The van der Waals surface area contributed by atoms with Gasteiger partial charge in [0.25, 0.3) is 0 Å². The van der Waals surface area contributed by atoms with Gasteiger partial charge < -0.3 is 4.98 Å². The van der Waals surface area contributed by atoms with Gasteiger partial charge in [-0.05, 0) is 73.4 Å². The summed E-state index contributed by atoms with van der Waals surface area (Å²) in [5, 5.41) is 8.19. The average Bonchev–Trinajstić information content (AvgIpc) is 3.49. The number of imidazole rings is 1. The number of alkyl halides is 3. The first-order valence-electron chi connectivity index (χ1n) is 13.3. The molecule has 2 atom stereocenters. The summed E-state index contributed by atoms with van der Waals surface area (Å²) in [6.07, 6.45) is 5.29. The number of aromatic nitrogens is 5. The van der Waals surface area contributed by atoms with Crippen LogP contribution in [0.15, 0.2) is 53.8 Å². The predicted molar refractivity (Wildman–Crippen MR) is 137 cm³/mol. The molecule has 2 aliphatic rings. The van der Waals surface area contributed by atoms with Crippen LogP contribution in [-0.4, -0.2) is 42.1 Å². The third-order valence-electron chi connectivity index (χ3n) is 8.14. The largest absolute Gasteiger partial charge is 0.418 e. The highest BCUT2D eigenvalue weighted by molar-refractivity contribution is 5.58. The molecule has 0 amide bonds. The Balaban J connectivity index is 1.42. The van der Waals surface area contributed by atoms with Gasteiger partial charge in [0.05, 0.1) is 16.8 Å². The van der Waals surface area contributed by atoms with Crippen molar-refractivity contribution >= 4 is 5.52 Å². The van der Waals surface area contributed by atoms with E-state index in [0.717, 1.165) is 61.0 Å². The molecule has 1 saturated carbocycles. The van der Waals surface area contributed by atoms with E-state index in [2.05, 4.69) is 27.0 Å². The zero-order chi connectivity index (χ0) is 26.4. The monoisotopic (exact) mass is 524 g/mol. The maximum Gasteiger partial charge on any atom is 0.418 e. The van der Waals surface area contributed by atoms with Crippen LogP contribution in [0, 0.1) is 11.8 Å². The van der Waals surface area contributed by atoms with Crippen molar-refractivity contribution in [3.05, 3.63) is 82.1 Å². The Labute approximate surface area is 218 Å². The lowest BCUT2D eigenvalue weighted by Crippen LogP contribution is -2.34. The van der Waals surface area contributed by atoms with E-state index in [1.807, 2.05) is 18.2 Å². The van der Waals surface area contributed by atoms with Crippen LogP contribution in [0.1, 0.15) is 67.5 Å². The molecule has 4 heterocycles. The molecule has 1 aliphatic carbocycles. The second-order valence-corrected chi connectivity index (χ2v) is 10.9. The molecule has 3 aromatic heterocycles. The van der Waals surface area contributed by atoms with E-state index in [9.17, 15) is 18.0 Å². The lowest BCUT2D eigenvalue weighted by Gasteiger charge is -2.32. The van der Waals surface area contributed by atoms with Crippen LogP contribution in [0.4, 0.5) is 13.2 Å². The summed E-state index contributed by atoms with van der Waals surface area (Å²) in [5.74, 6) is 1.66. The smallest absolute Gasteiger partial charge is 0.331 e. The third-order valence-corrected chi connectivity index (χ3v) is 8.14. The number of fused-ring (bicyclic) bond motifs is 1. The van der Waals surface area contributed by atoms with Gasteiger partial charge in [0, 0.05) is 31.4 Å². The second kappa shape index (κ2) is 9.72. The van der Waals surface area contributed by atoms with Gasteiger partial charge in [0.15, 0.2) is 0 Å². The van der Waals surface area contributed by atoms with Crippen LogP contribution >= 0.6 is 0 Å². The van der Waals surface area contributed by atoms with Crippen LogP contribution in [0.25, 0.3) is 11.2 Å². The van der Waals surface area contributed by atoms with E-state index >= 15 is 0 Å². The lowest BCUT2D eigenvalue weighted by atomic mass is 9.72. The van der Waals surface area contributed by atoms with Crippen molar-refractivity contribution in [1.82, 2.24) is 29.0 Å². The molecule has 1 N–H and O–H groups in total. The fourth-order valence-electron chi connectivity index (χ4n) is 6.09. The van der Waals surface area contributed by atoms with Gasteiger partial charge in [-0.15, -0.1) is 10.2 Å². The predicted octanol–water partition coefficient (Wildman–Crippen LogP) is 5.39. The normalized spacial score (nSPS) is 20.1. The van der Waals surface area contributed by atoms with E-state index in [0.29, 0.717) is 29.6 Å². The molecule has 0 radical (unpaired) electrons. The molecular weight excluding hydrogens is 493 g/mol. The molecule has 4 aromatic rings. The van der Waals surface area contributed by atoms with Gasteiger partial charge >= 0.3 is 11.9 Å². The van der Waals surface area contributed by atoms with Crippen molar-refractivity contribution in [2.45, 2.75) is 57.7 Å². The summed E-state index contributed by atoms with van der Waals surface area (Å²) in [4.78, 5) is 18.8. The number of halogens is 3. The van der Waals surface area contributed by atoms with E-state index in [1.165, 1.54) is 16.8 Å². The number of rotatable bonds is 6. The summed E-state index contributed by atoms with van der Waals surface area (Å²) >= 11 is 0. The molecule has 2 fully saturated rings. The Morgan fingerprint density at radius 2 is 1.97 bits per heavy atom. The topological polar surface area (TPSA) is 71.2 Å². The van der Waals surface area contributed by atoms with Crippen LogP contribution in [0.2, 0.25) is 0 Å². The van der Waals surface area contributed by atoms with Gasteiger partial charge in [0.2, 0.25) is 0 Å². The Hall–Kier alpha value is -3.40.